The van der Waals surface area contributed by atoms with Crippen LogP contribution in [-0.4, -0.2) is 17.4 Å². The van der Waals surface area contributed by atoms with Gasteiger partial charge in [-0.3, -0.25) is 14.9 Å². The first-order chi connectivity index (χ1) is 20.5. The molecular weight excluding hydrogens is 701 g/mol. The fourth-order valence-corrected chi connectivity index (χ4v) is 10.4. The van der Waals surface area contributed by atoms with Crippen molar-refractivity contribution in [3.63, 3.8) is 0 Å². The van der Waals surface area contributed by atoms with Crippen molar-refractivity contribution in [3.8, 4) is 0 Å². The van der Waals surface area contributed by atoms with Crippen LogP contribution in [0.3, 0.4) is 0 Å². The van der Waals surface area contributed by atoms with Crippen LogP contribution in [0.5, 0.6) is 0 Å². The molecule has 0 unspecified atom stereocenters. The molecule has 5 rings (SSSR count). The first-order valence-corrected chi connectivity index (χ1v) is 17.2. The van der Waals surface area contributed by atoms with Crippen LogP contribution in [0.1, 0.15) is 26.3 Å². The lowest BCUT2D eigenvalue weighted by Gasteiger charge is -2.29. The van der Waals surface area contributed by atoms with Crippen LogP contribution in [0.4, 0.5) is 0 Å². The minimum absolute atomic E-state index is 0. The van der Waals surface area contributed by atoms with Crippen LogP contribution in [0, 0.1) is 6.92 Å². The van der Waals surface area contributed by atoms with Crippen LogP contribution < -0.4 is 21.2 Å². The van der Waals surface area contributed by atoms with Crippen LogP contribution in [-0.2, 0) is 0 Å². The molecule has 43 heavy (non-hydrogen) atoms. The van der Waals surface area contributed by atoms with Crippen molar-refractivity contribution in [3.05, 3.63) is 172 Å². The quantitative estimate of drug-likeness (QED) is 0.116. The van der Waals surface area contributed by atoms with Crippen LogP contribution in [0.15, 0.2) is 155 Å². The van der Waals surface area contributed by atoms with Gasteiger partial charge in [-0.25, -0.2) is 0 Å². The third-order valence-electron chi connectivity index (χ3n) is 6.92. The van der Waals surface area contributed by atoms with Gasteiger partial charge in [0, 0.05) is 21.0 Å². The van der Waals surface area contributed by atoms with Crippen molar-refractivity contribution in [2.24, 2.45) is 0 Å². The Morgan fingerprint density at radius 2 is 1.12 bits per heavy atom. The summed E-state index contributed by atoms with van der Waals surface area (Å²) in [5.41, 5.74) is 3.10. The highest BCUT2D eigenvalue weighted by molar-refractivity contribution is 9.10. The Kier molecular flexibility index (Phi) is 11.7. The molecule has 0 radical (unpaired) electrons. The summed E-state index contributed by atoms with van der Waals surface area (Å²) in [6.07, 6.45) is 0. The number of halogens is 2. The van der Waals surface area contributed by atoms with E-state index in [-0.39, 0.29) is 34.4 Å². The van der Waals surface area contributed by atoms with E-state index in [0.717, 1.165) is 31.4 Å². The van der Waals surface area contributed by atoms with Gasteiger partial charge in [0.2, 0.25) is 0 Å². The van der Waals surface area contributed by atoms with E-state index >= 15 is 0 Å². The van der Waals surface area contributed by atoms with Gasteiger partial charge >= 0.3 is 0 Å². The lowest BCUT2D eigenvalue weighted by atomic mass is 10.1. The fraction of sp³-hybridized carbons (Fsp3) is 0.0556. The highest BCUT2D eigenvalue weighted by Gasteiger charge is 2.50. The molecule has 5 aromatic rings. The van der Waals surface area contributed by atoms with E-state index < -0.39 is 7.26 Å². The number of benzene rings is 5. The predicted molar refractivity (Wildman–Crippen MR) is 193 cm³/mol. The van der Waals surface area contributed by atoms with Gasteiger partial charge < -0.3 is 0 Å². The molecule has 3 nitrogen and oxygen atoms in total. The maximum absolute atomic E-state index is 13.8. The highest BCUT2D eigenvalue weighted by Crippen LogP contribution is 2.61. The number of amides is 1. The van der Waals surface area contributed by atoms with Gasteiger partial charge in [-0.15, -0.1) is 28.7 Å². The lowest BCUT2D eigenvalue weighted by Crippen LogP contribution is -2.38. The number of rotatable bonds is 10. The topological polar surface area (TPSA) is 46.2 Å². The Morgan fingerprint density at radius 1 is 0.674 bits per heavy atom. The number of carbonyl (C=O) groups is 2. The van der Waals surface area contributed by atoms with Gasteiger partial charge in [0.25, 0.3) is 5.91 Å². The van der Waals surface area contributed by atoms with E-state index in [4.69, 9.17) is 0 Å². The molecule has 0 aliphatic carbocycles. The molecular formula is C36H31Br2NO2PS+. The third kappa shape index (κ3) is 7.63. The van der Waals surface area contributed by atoms with Crippen LogP contribution in [0.25, 0.3) is 0 Å². The standard InChI is InChI=1S/C36H29BrNO2PS.BrH/c1-27-17-19-29(20-18-27)36(40)38-35(26-42-25-34(39)28-21-23-30(37)24-22-28)41(31-11-5-2-6-12-31,32-13-7-3-8-14-32)33-15-9-4-10-16-33;/h2-24,26H,25H2,1H3;1H/p+1. The number of ketones is 1. The number of thioether (sulfide) groups is 1. The van der Waals surface area contributed by atoms with E-state index in [2.05, 4.69) is 57.6 Å². The molecule has 1 N–H and O–H groups in total. The first-order valence-electron chi connectivity index (χ1n) is 13.5. The summed E-state index contributed by atoms with van der Waals surface area (Å²) >= 11 is 4.85. The molecule has 0 atom stereocenters. The number of aryl methyl sites for hydroxylation is 1. The minimum Gasteiger partial charge on any atom is -0.293 e. The summed E-state index contributed by atoms with van der Waals surface area (Å²) < 4.78 is 0.927. The normalized spacial score (nSPS) is 11.3. The van der Waals surface area contributed by atoms with Crippen molar-refractivity contribution in [2.45, 2.75) is 6.92 Å². The molecule has 5 aromatic carbocycles. The molecule has 0 heterocycles. The van der Waals surface area contributed by atoms with E-state index in [1.165, 1.54) is 11.8 Å². The number of Topliss-reactive ketones (excluding diaryl/α,β-unsaturated/α-hetero) is 1. The Labute approximate surface area is 277 Å². The second kappa shape index (κ2) is 15.4. The molecule has 0 aromatic heterocycles. The van der Waals surface area contributed by atoms with Crippen LogP contribution in [0.2, 0.25) is 0 Å². The molecule has 216 valence electrons. The molecule has 0 saturated carbocycles. The van der Waals surface area contributed by atoms with E-state index in [9.17, 15) is 9.59 Å². The molecule has 0 bridgehead atoms. The zero-order chi connectivity index (χ0) is 29.4. The number of carbonyl (C=O) groups excluding carboxylic acids is 2. The lowest BCUT2D eigenvalue weighted by molar-refractivity contribution is 0.0967. The van der Waals surface area contributed by atoms with E-state index in [0.29, 0.717) is 11.1 Å². The molecule has 0 fully saturated rings. The average Bonchev–Trinajstić information content (AvgIpc) is 3.03. The van der Waals surface area contributed by atoms with Gasteiger partial charge in [0.05, 0.1) is 5.75 Å². The second-order valence-electron chi connectivity index (χ2n) is 9.74. The zero-order valence-electron chi connectivity index (χ0n) is 23.5. The minimum atomic E-state index is -2.59. The van der Waals surface area contributed by atoms with Gasteiger partial charge in [0.1, 0.15) is 15.9 Å². The Bertz CT molecular complexity index is 1580. The summed E-state index contributed by atoms with van der Waals surface area (Å²) in [5, 5.41) is 8.66. The molecule has 0 aliphatic heterocycles. The monoisotopic (exact) mass is 730 g/mol. The van der Waals surface area contributed by atoms with Gasteiger partial charge in [-0.05, 0) is 67.6 Å². The van der Waals surface area contributed by atoms with Gasteiger partial charge in [-0.1, -0.05) is 100 Å². The summed E-state index contributed by atoms with van der Waals surface area (Å²) in [5.74, 6) is 0.0773. The van der Waals surface area contributed by atoms with Crippen molar-refractivity contribution in [2.75, 3.05) is 5.75 Å². The van der Waals surface area contributed by atoms with Gasteiger partial charge in [-0.2, -0.15) is 0 Å². The maximum Gasteiger partial charge on any atom is 0.258 e. The van der Waals surface area contributed by atoms with Gasteiger partial charge in [0.15, 0.2) is 18.5 Å². The fourth-order valence-electron chi connectivity index (χ4n) is 4.82. The maximum atomic E-state index is 13.8. The summed E-state index contributed by atoms with van der Waals surface area (Å²) in [7, 11) is -2.59. The summed E-state index contributed by atoms with van der Waals surface area (Å²) in [6.45, 7) is 2.00. The third-order valence-corrected chi connectivity index (χ3v) is 12.6. The van der Waals surface area contributed by atoms with Crippen molar-refractivity contribution < 1.29 is 9.59 Å². The van der Waals surface area contributed by atoms with Crippen molar-refractivity contribution >= 4 is 79.5 Å². The SMILES string of the molecule is Br.Cc1ccc(C(=O)NC(=CSCC(=O)c2ccc(Br)cc2)[P+](c2ccccc2)(c2ccccc2)c2ccccc2)cc1. The summed E-state index contributed by atoms with van der Waals surface area (Å²) in [4.78, 5) is 27.0. The molecule has 0 spiro atoms. The smallest absolute Gasteiger partial charge is 0.258 e. The number of hydrogen-bond acceptors (Lipinski definition) is 3. The summed E-state index contributed by atoms with van der Waals surface area (Å²) in [6, 6.07) is 46.1. The Hall–Kier alpha value is -3.28. The van der Waals surface area contributed by atoms with Crippen LogP contribution >= 0.6 is 51.9 Å². The van der Waals surface area contributed by atoms with Crippen molar-refractivity contribution in [1.82, 2.24) is 5.32 Å². The van der Waals surface area contributed by atoms with E-state index in [1.807, 2.05) is 115 Å². The average molecular weight is 732 g/mol. The Morgan fingerprint density at radius 3 is 1.58 bits per heavy atom. The molecule has 7 heteroatoms. The zero-order valence-corrected chi connectivity index (χ0v) is 28.5. The molecule has 1 amide bonds. The largest absolute Gasteiger partial charge is 0.293 e. The number of nitrogens with one attached hydrogen (secondary N) is 1. The number of hydrogen-bond donors (Lipinski definition) is 1. The van der Waals surface area contributed by atoms with Crippen molar-refractivity contribution in [1.29, 1.82) is 0 Å². The predicted octanol–water partition coefficient (Wildman–Crippen LogP) is 8.47. The molecule has 0 aliphatic rings. The molecule has 0 saturated heterocycles. The van der Waals surface area contributed by atoms with E-state index in [1.54, 1.807) is 0 Å². The second-order valence-corrected chi connectivity index (χ2v) is 14.9. The first kappa shape index (κ1) is 32.6. The Balaban J connectivity index is 0.00000423. The highest BCUT2D eigenvalue weighted by atomic mass is 79.9.